The molecule has 3 aromatic rings. The maximum atomic E-state index is 12.9. The van der Waals surface area contributed by atoms with E-state index >= 15 is 0 Å². The molecule has 8 heteroatoms. The number of ketones is 1. The van der Waals surface area contributed by atoms with Gasteiger partial charge in [0.25, 0.3) is 5.91 Å². The number of phenolic OH excluding ortho intramolecular Hbond substituents is 1. The number of benzene rings is 1. The predicted molar refractivity (Wildman–Crippen MR) is 92.3 cm³/mol. The molecular weight excluding hydrogens is 352 g/mol. The van der Waals surface area contributed by atoms with Gasteiger partial charge in [0.05, 0.1) is 17.9 Å². The molecule has 136 valence electrons. The van der Waals surface area contributed by atoms with Crippen molar-refractivity contribution in [1.82, 2.24) is 5.16 Å². The zero-order chi connectivity index (χ0) is 19.1. The van der Waals surface area contributed by atoms with Crippen molar-refractivity contribution >= 4 is 17.5 Å². The lowest BCUT2D eigenvalue weighted by molar-refractivity contribution is -0.117. The van der Waals surface area contributed by atoms with E-state index in [0.29, 0.717) is 11.3 Å². The highest BCUT2D eigenvalue weighted by atomic mass is 16.5. The van der Waals surface area contributed by atoms with Gasteiger partial charge in [-0.3, -0.25) is 14.5 Å². The minimum atomic E-state index is -1.01. The zero-order valence-electron chi connectivity index (χ0n) is 14.1. The van der Waals surface area contributed by atoms with Gasteiger partial charge in [-0.2, -0.15) is 0 Å². The van der Waals surface area contributed by atoms with Gasteiger partial charge in [0.15, 0.2) is 17.3 Å². The fourth-order valence-electron chi connectivity index (χ4n) is 3.09. The third-order valence-electron chi connectivity index (χ3n) is 4.25. The van der Waals surface area contributed by atoms with Crippen LogP contribution in [0.25, 0.3) is 0 Å². The average molecular weight is 366 g/mol. The molecule has 0 spiro atoms. The fourth-order valence-corrected chi connectivity index (χ4v) is 3.09. The lowest BCUT2D eigenvalue weighted by atomic mass is 9.95. The van der Waals surface area contributed by atoms with Crippen LogP contribution in [0.5, 0.6) is 5.75 Å². The number of rotatable bonds is 4. The molecule has 2 N–H and O–H groups in total. The molecular formula is C19H14N2O6. The third-order valence-corrected chi connectivity index (χ3v) is 4.25. The Morgan fingerprint density at radius 2 is 2.00 bits per heavy atom. The van der Waals surface area contributed by atoms with Crippen LogP contribution < -0.4 is 4.90 Å². The summed E-state index contributed by atoms with van der Waals surface area (Å²) in [5, 5.41) is 24.2. The summed E-state index contributed by atoms with van der Waals surface area (Å²) in [4.78, 5) is 26.8. The summed E-state index contributed by atoms with van der Waals surface area (Å²) in [5.41, 5.74) is 0.254. The number of carbonyl (C=O) groups excluding carboxylic acids is 2. The first kappa shape index (κ1) is 16.6. The molecule has 0 saturated heterocycles. The van der Waals surface area contributed by atoms with Crippen LogP contribution in [-0.4, -0.2) is 27.1 Å². The maximum absolute atomic E-state index is 12.9. The van der Waals surface area contributed by atoms with E-state index in [1.807, 2.05) is 0 Å². The molecule has 0 radical (unpaired) electrons. The summed E-state index contributed by atoms with van der Waals surface area (Å²) >= 11 is 0. The van der Waals surface area contributed by atoms with E-state index in [-0.39, 0.29) is 22.9 Å². The van der Waals surface area contributed by atoms with E-state index in [4.69, 9.17) is 8.94 Å². The second-order valence-electron chi connectivity index (χ2n) is 6.04. The number of amides is 1. The average Bonchev–Trinajstić information content (AvgIpc) is 3.36. The molecule has 0 fully saturated rings. The Morgan fingerprint density at radius 3 is 2.63 bits per heavy atom. The molecule has 27 heavy (non-hydrogen) atoms. The highest BCUT2D eigenvalue weighted by Gasteiger charge is 2.46. The van der Waals surface area contributed by atoms with Crippen molar-refractivity contribution in [1.29, 1.82) is 0 Å². The van der Waals surface area contributed by atoms with Crippen LogP contribution in [0.1, 0.15) is 27.9 Å². The van der Waals surface area contributed by atoms with Crippen molar-refractivity contribution in [2.24, 2.45) is 0 Å². The van der Waals surface area contributed by atoms with E-state index in [1.165, 1.54) is 36.6 Å². The van der Waals surface area contributed by atoms with Gasteiger partial charge in [-0.05, 0) is 36.8 Å². The molecule has 1 atom stereocenters. The van der Waals surface area contributed by atoms with Gasteiger partial charge in [-0.25, -0.2) is 0 Å². The van der Waals surface area contributed by atoms with Gasteiger partial charge in [0, 0.05) is 6.07 Å². The van der Waals surface area contributed by atoms with E-state index in [0.717, 1.165) is 4.90 Å². The number of nitrogens with zero attached hydrogens (tertiary/aromatic N) is 2. The second-order valence-corrected chi connectivity index (χ2v) is 6.04. The summed E-state index contributed by atoms with van der Waals surface area (Å²) in [7, 11) is 0. The minimum absolute atomic E-state index is 0.0207. The smallest absolute Gasteiger partial charge is 0.295 e. The molecule has 1 aliphatic rings. The molecule has 2 aromatic heterocycles. The van der Waals surface area contributed by atoms with Crippen LogP contribution in [0.3, 0.4) is 0 Å². The van der Waals surface area contributed by atoms with Crippen molar-refractivity contribution in [3.63, 3.8) is 0 Å². The Morgan fingerprint density at radius 1 is 1.19 bits per heavy atom. The third kappa shape index (κ3) is 2.67. The van der Waals surface area contributed by atoms with Crippen LogP contribution >= 0.6 is 0 Å². The van der Waals surface area contributed by atoms with Crippen molar-refractivity contribution in [3.8, 4) is 5.75 Å². The Hall–Kier alpha value is -3.81. The van der Waals surface area contributed by atoms with E-state index in [2.05, 4.69) is 5.16 Å². The van der Waals surface area contributed by atoms with Crippen molar-refractivity contribution in [3.05, 3.63) is 77.1 Å². The zero-order valence-corrected chi connectivity index (χ0v) is 14.1. The maximum Gasteiger partial charge on any atom is 0.295 e. The quantitative estimate of drug-likeness (QED) is 0.681. The molecule has 0 saturated carbocycles. The number of aromatic hydroxyl groups is 1. The van der Waals surface area contributed by atoms with Crippen LogP contribution in [0.4, 0.5) is 5.82 Å². The summed E-state index contributed by atoms with van der Waals surface area (Å²) in [6.07, 6.45) is 1.32. The van der Waals surface area contributed by atoms with Gasteiger partial charge < -0.3 is 19.2 Å². The minimum Gasteiger partial charge on any atom is -0.508 e. The SMILES string of the molecule is Cc1cc(N2C(=O)C(O)=C(C(=O)c3ccco3)[C@@H]2c2cccc(O)c2)no1. The first-order valence-corrected chi connectivity index (χ1v) is 8.04. The van der Waals surface area contributed by atoms with Crippen molar-refractivity contribution in [2.45, 2.75) is 13.0 Å². The predicted octanol–water partition coefficient (Wildman–Crippen LogP) is 3.06. The summed E-state index contributed by atoms with van der Waals surface area (Å²) in [5.74, 6) is -1.61. The number of aliphatic hydroxyl groups excluding tert-OH is 1. The van der Waals surface area contributed by atoms with Crippen LogP contribution in [0.15, 0.2) is 69.0 Å². The molecule has 4 rings (SSSR count). The summed E-state index contributed by atoms with van der Waals surface area (Å²) in [6.45, 7) is 1.66. The molecule has 3 heterocycles. The van der Waals surface area contributed by atoms with Gasteiger partial charge in [0.2, 0.25) is 5.78 Å². The number of anilines is 1. The number of hydrogen-bond donors (Lipinski definition) is 2. The first-order chi connectivity index (χ1) is 13.0. The normalized spacial score (nSPS) is 17.0. The highest BCUT2D eigenvalue weighted by Crippen LogP contribution is 2.42. The number of hydrogen-bond acceptors (Lipinski definition) is 7. The van der Waals surface area contributed by atoms with Crippen LogP contribution in [0, 0.1) is 6.92 Å². The Labute approximate surface area is 152 Å². The van der Waals surface area contributed by atoms with Gasteiger partial charge in [0.1, 0.15) is 11.5 Å². The van der Waals surface area contributed by atoms with E-state index in [1.54, 1.807) is 19.1 Å². The summed E-state index contributed by atoms with van der Waals surface area (Å²) < 4.78 is 10.2. The first-order valence-electron chi connectivity index (χ1n) is 8.04. The molecule has 1 aliphatic heterocycles. The molecule has 8 nitrogen and oxygen atoms in total. The Bertz CT molecular complexity index is 1060. The Balaban J connectivity index is 1.89. The van der Waals surface area contributed by atoms with Crippen molar-refractivity contribution in [2.75, 3.05) is 4.90 Å². The number of Topliss-reactive ketones (excluding diaryl/α,β-unsaturated/α-hetero) is 1. The Kier molecular flexibility index (Phi) is 3.80. The number of aryl methyl sites for hydroxylation is 1. The lowest BCUT2D eigenvalue weighted by Crippen LogP contribution is -2.31. The molecule has 0 unspecified atom stereocenters. The number of aliphatic hydroxyl groups is 1. The molecule has 0 bridgehead atoms. The summed E-state index contributed by atoms with van der Waals surface area (Å²) in [6, 6.07) is 9.55. The van der Waals surface area contributed by atoms with Gasteiger partial charge in [-0.15, -0.1) is 0 Å². The standard InChI is InChI=1S/C19H14N2O6/c1-10-8-14(20-27-10)21-16(11-4-2-5-12(22)9-11)15(18(24)19(21)25)17(23)13-6-3-7-26-13/h2-9,16,22,24H,1H3/t16-/m0/s1. The fraction of sp³-hybridized carbons (Fsp3) is 0.105. The molecule has 1 amide bonds. The molecule has 1 aromatic carbocycles. The second kappa shape index (κ2) is 6.17. The lowest BCUT2D eigenvalue weighted by Gasteiger charge is -2.24. The van der Waals surface area contributed by atoms with Gasteiger partial charge in [-0.1, -0.05) is 17.3 Å². The van der Waals surface area contributed by atoms with Crippen LogP contribution in [0.2, 0.25) is 0 Å². The largest absolute Gasteiger partial charge is 0.508 e. The monoisotopic (exact) mass is 366 g/mol. The van der Waals surface area contributed by atoms with E-state index < -0.39 is 23.5 Å². The van der Waals surface area contributed by atoms with Crippen LogP contribution in [-0.2, 0) is 4.79 Å². The van der Waals surface area contributed by atoms with Crippen molar-refractivity contribution < 1.29 is 28.7 Å². The number of aromatic nitrogens is 1. The van der Waals surface area contributed by atoms with E-state index in [9.17, 15) is 19.8 Å². The van der Waals surface area contributed by atoms with Gasteiger partial charge >= 0.3 is 0 Å². The number of furan rings is 1. The highest BCUT2D eigenvalue weighted by molar-refractivity contribution is 6.19. The number of phenols is 1. The topological polar surface area (TPSA) is 117 Å². The molecule has 0 aliphatic carbocycles. The number of carbonyl (C=O) groups is 2.